The molecule has 0 saturated carbocycles. The average Bonchev–Trinajstić information content (AvgIpc) is 3.05. The Kier molecular flexibility index (Phi) is 9.26. The average molecular weight is 646 g/mol. The van der Waals surface area contributed by atoms with E-state index >= 15 is 0 Å². The minimum atomic E-state index is -4.28. The van der Waals surface area contributed by atoms with Gasteiger partial charge in [0.2, 0.25) is 0 Å². The third kappa shape index (κ3) is 6.25. The third-order valence-corrected chi connectivity index (χ3v) is 18.4. The van der Waals surface area contributed by atoms with Crippen molar-refractivity contribution in [1.82, 2.24) is 0 Å². The first-order valence-corrected chi connectivity index (χ1v) is 19.4. The van der Waals surface area contributed by atoms with Crippen molar-refractivity contribution < 1.29 is 7.87 Å². The molecule has 5 nitrogen and oxygen atoms in total. The number of azo groups is 1. The van der Waals surface area contributed by atoms with Crippen LogP contribution in [0.4, 0.5) is 17.1 Å². The van der Waals surface area contributed by atoms with Gasteiger partial charge in [0, 0.05) is 0 Å². The number of rotatable bonds is 10. The summed E-state index contributed by atoms with van der Waals surface area (Å²) in [6, 6.07) is 45.7. The van der Waals surface area contributed by atoms with Gasteiger partial charge in [0.1, 0.15) is 0 Å². The predicted octanol–water partition coefficient (Wildman–Crippen LogP) is 6.77. The SMILES string of the molecule is CCN(CC)c1ccc(N=Nc2ccccc2C(=O)[O][Sn]([c]2ccccc2)([c]2ccccc2)[c]2ccccc2)cc1. The number of anilines is 1. The molecule has 5 aromatic carbocycles. The van der Waals surface area contributed by atoms with E-state index in [1.54, 1.807) is 12.1 Å². The van der Waals surface area contributed by atoms with E-state index in [4.69, 9.17) is 3.07 Å². The Morgan fingerprint density at radius 2 is 1.07 bits per heavy atom. The second-order valence-corrected chi connectivity index (χ2v) is 19.0. The van der Waals surface area contributed by atoms with Gasteiger partial charge in [-0.2, -0.15) is 0 Å². The fourth-order valence-corrected chi connectivity index (χ4v) is 15.7. The molecule has 5 aromatic rings. The van der Waals surface area contributed by atoms with Gasteiger partial charge in [-0.1, -0.05) is 0 Å². The summed E-state index contributed by atoms with van der Waals surface area (Å²) in [5, 5.41) is 8.95. The number of hydrogen-bond acceptors (Lipinski definition) is 5. The molecule has 0 saturated heterocycles. The minimum absolute atomic E-state index is 0.389. The molecule has 0 spiro atoms. The van der Waals surface area contributed by atoms with E-state index in [0.29, 0.717) is 11.3 Å². The number of hydrogen-bond donors (Lipinski definition) is 0. The standard InChI is InChI=1S/C17H19N3O2.3C6H5.Sn/c1-3-20(4-2)14-11-9-13(10-12-14)18-19-16-8-6-5-7-15(16)17(21)22;3*1-2-4-6-5-3-1;/h5-12H,3-4H2,1-2H3,(H,21,22);3*1-5H;/q;;;;+1/p-1. The Morgan fingerprint density at radius 1 is 0.610 bits per heavy atom. The van der Waals surface area contributed by atoms with Crippen LogP contribution in [0.2, 0.25) is 0 Å². The molecule has 0 atom stereocenters. The van der Waals surface area contributed by atoms with Gasteiger partial charge in [-0.3, -0.25) is 0 Å². The van der Waals surface area contributed by atoms with Crippen molar-refractivity contribution in [1.29, 1.82) is 0 Å². The Balaban J connectivity index is 1.53. The molecule has 0 heterocycles. The molecular weight excluding hydrogens is 613 g/mol. The van der Waals surface area contributed by atoms with Crippen LogP contribution in [0.5, 0.6) is 0 Å². The Hall–Kier alpha value is -4.23. The fraction of sp³-hybridized carbons (Fsp3) is 0.114. The molecule has 6 heteroatoms. The number of carbonyl (C=O) groups is 1. The van der Waals surface area contributed by atoms with Gasteiger partial charge >= 0.3 is 234 Å². The van der Waals surface area contributed by atoms with Crippen molar-refractivity contribution in [2.24, 2.45) is 10.2 Å². The normalized spacial score (nSPS) is 11.4. The summed E-state index contributed by atoms with van der Waals surface area (Å²) in [5.41, 5.74) is 2.72. The van der Waals surface area contributed by atoms with E-state index in [-0.39, 0.29) is 0 Å². The second-order valence-electron chi connectivity index (χ2n) is 9.57. The Morgan fingerprint density at radius 3 is 1.56 bits per heavy atom. The molecule has 0 aromatic heterocycles. The number of carbonyl (C=O) groups excluding carboxylic acids is 1. The molecule has 0 N–H and O–H groups in total. The zero-order chi connectivity index (χ0) is 28.5. The summed E-state index contributed by atoms with van der Waals surface area (Å²) >= 11 is -4.28. The Bertz CT molecular complexity index is 1490. The van der Waals surface area contributed by atoms with E-state index in [9.17, 15) is 4.79 Å². The van der Waals surface area contributed by atoms with E-state index in [1.165, 1.54) is 0 Å². The fourth-order valence-electron chi connectivity index (χ4n) is 5.05. The first-order valence-electron chi connectivity index (χ1n) is 13.9. The molecule has 0 aliphatic heterocycles. The van der Waals surface area contributed by atoms with Gasteiger partial charge in [0.15, 0.2) is 0 Å². The van der Waals surface area contributed by atoms with Crippen LogP contribution in [-0.2, 0) is 3.07 Å². The van der Waals surface area contributed by atoms with Crippen LogP contribution in [0.3, 0.4) is 0 Å². The molecule has 0 fully saturated rings. The van der Waals surface area contributed by atoms with E-state index in [0.717, 1.165) is 35.2 Å². The van der Waals surface area contributed by atoms with Crippen LogP contribution < -0.4 is 15.6 Å². The van der Waals surface area contributed by atoms with Crippen LogP contribution in [-0.4, -0.2) is 37.8 Å². The van der Waals surface area contributed by atoms with Gasteiger partial charge in [-0.15, -0.1) is 0 Å². The molecule has 0 unspecified atom stereocenters. The summed E-state index contributed by atoms with van der Waals surface area (Å²) in [5.74, 6) is -0.399. The van der Waals surface area contributed by atoms with E-state index in [2.05, 4.69) is 65.4 Å². The molecule has 0 aliphatic carbocycles. The van der Waals surface area contributed by atoms with Gasteiger partial charge < -0.3 is 0 Å². The van der Waals surface area contributed by atoms with Crippen molar-refractivity contribution in [2.45, 2.75) is 13.8 Å². The van der Waals surface area contributed by atoms with E-state index in [1.807, 2.05) is 91.0 Å². The quantitative estimate of drug-likeness (QED) is 0.124. The maximum absolute atomic E-state index is 14.1. The summed E-state index contributed by atoms with van der Waals surface area (Å²) in [7, 11) is 0. The zero-order valence-corrected chi connectivity index (χ0v) is 26.2. The van der Waals surface area contributed by atoms with Gasteiger partial charge in [-0.25, -0.2) is 0 Å². The maximum atomic E-state index is 14.1. The predicted molar refractivity (Wildman–Crippen MR) is 170 cm³/mol. The summed E-state index contributed by atoms with van der Waals surface area (Å²) in [6.07, 6.45) is 0. The van der Waals surface area contributed by atoms with Crippen molar-refractivity contribution in [3.8, 4) is 0 Å². The van der Waals surface area contributed by atoms with Gasteiger partial charge in [0.25, 0.3) is 0 Å². The van der Waals surface area contributed by atoms with Crippen molar-refractivity contribution in [3.05, 3.63) is 145 Å². The molecule has 0 amide bonds. The summed E-state index contributed by atoms with van der Waals surface area (Å²) in [4.78, 5) is 16.4. The molecular formula is C35H33N3O2Sn. The van der Waals surface area contributed by atoms with Crippen LogP contribution in [0.1, 0.15) is 24.2 Å². The molecule has 0 aliphatic rings. The molecule has 0 radical (unpaired) electrons. The number of benzene rings is 5. The summed E-state index contributed by atoms with van der Waals surface area (Å²) in [6.45, 7) is 6.15. The van der Waals surface area contributed by atoms with Crippen molar-refractivity contribution in [3.63, 3.8) is 0 Å². The van der Waals surface area contributed by atoms with Crippen molar-refractivity contribution >= 4 is 52.6 Å². The van der Waals surface area contributed by atoms with Crippen LogP contribution >= 0.6 is 0 Å². The number of nitrogens with zero attached hydrogens (tertiary/aromatic N) is 3. The van der Waals surface area contributed by atoms with Crippen LogP contribution in [0.25, 0.3) is 0 Å². The van der Waals surface area contributed by atoms with Crippen LogP contribution in [0.15, 0.2) is 150 Å². The monoisotopic (exact) mass is 647 g/mol. The van der Waals surface area contributed by atoms with Gasteiger partial charge in [-0.05, 0) is 13.8 Å². The molecule has 204 valence electrons. The molecule has 5 rings (SSSR count). The third-order valence-electron chi connectivity index (χ3n) is 7.16. The second kappa shape index (κ2) is 13.4. The molecule has 41 heavy (non-hydrogen) atoms. The first-order chi connectivity index (χ1) is 20.2. The van der Waals surface area contributed by atoms with Crippen LogP contribution in [0, 0.1) is 0 Å². The topological polar surface area (TPSA) is 54.3 Å². The van der Waals surface area contributed by atoms with Gasteiger partial charge in [0.05, 0.1) is 0 Å². The zero-order valence-electron chi connectivity index (χ0n) is 23.4. The molecule has 0 bridgehead atoms. The summed E-state index contributed by atoms with van der Waals surface area (Å²) < 4.78 is 9.97. The van der Waals surface area contributed by atoms with E-state index < -0.39 is 24.8 Å². The Labute approximate surface area is 246 Å². The van der Waals surface area contributed by atoms with Crippen molar-refractivity contribution in [2.75, 3.05) is 18.0 Å². The first kappa shape index (κ1) is 28.3.